The maximum Gasteiger partial charge on any atom is 0.328 e. The van der Waals surface area contributed by atoms with E-state index in [0.717, 1.165) is 18.7 Å². The Labute approximate surface area is 83.9 Å². The molecule has 0 aromatic carbocycles. The van der Waals surface area contributed by atoms with Gasteiger partial charge in [-0.25, -0.2) is 9.78 Å². The molecule has 1 aromatic rings. The average molecular weight is 196 g/mol. The van der Waals surface area contributed by atoms with E-state index in [2.05, 4.69) is 16.6 Å². The van der Waals surface area contributed by atoms with Crippen LogP contribution in [0.1, 0.15) is 32.1 Å². The number of nitrogens with zero attached hydrogens (tertiary/aromatic N) is 2. The third-order valence-electron chi connectivity index (χ3n) is 2.18. The van der Waals surface area contributed by atoms with Crippen LogP contribution < -0.4 is 0 Å². The zero-order valence-electron chi connectivity index (χ0n) is 8.86. The first-order valence-electron chi connectivity index (χ1n) is 4.80. The van der Waals surface area contributed by atoms with E-state index >= 15 is 0 Å². The van der Waals surface area contributed by atoms with Crippen molar-refractivity contribution < 1.29 is 9.53 Å². The molecule has 0 aliphatic heterocycles. The van der Waals surface area contributed by atoms with Gasteiger partial charge in [0.05, 0.1) is 7.11 Å². The fourth-order valence-corrected chi connectivity index (χ4v) is 1.40. The van der Waals surface area contributed by atoms with Gasteiger partial charge in [0.2, 0.25) is 0 Å². The number of aryl methyl sites for hydroxylation is 1. The van der Waals surface area contributed by atoms with E-state index in [1.54, 1.807) is 6.20 Å². The number of carbonyl (C=O) groups is 1. The van der Waals surface area contributed by atoms with Crippen LogP contribution in [0.15, 0.2) is 12.4 Å². The number of ether oxygens (including phenoxy) is 1. The summed E-state index contributed by atoms with van der Waals surface area (Å²) in [7, 11) is 1.40. The van der Waals surface area contributed by atoms with Crippen molar-refractivity contribution in [3.05, 3.63) is 18.2 Å². The molecule has 78 valence electrons. The van der Waals surface area contributed by atoms with Crippen LogP contribution in [0.4, 0.5) is 0 Å². The van der Waals surface area contributed by atoms with Gasteiger partial charge in [-0.1, -0.05) is 6.92 Å². The molecule has 1 rings (SSSR count). The van der Waals surface area contributed by atoms with Gasteiger partial charge in [-0.05, 0) is 13.3 Å². The second kappa shape index (κ2) is 4.79. The van der Waals surface area contributed by atoms with Crippen molar-refractivity contribution in [2.45, 2.75) is 32.7 Å². The topological polar surface area (TPSA) is 44.1 Å². The second-order valence-electron chi connectivity index (χ2n) is 3.20. The molecule has 0 saturated carbocycles. The molecular weight excluding hydrogens is 180 g/mol. The maximum absolute atomic E-state index is 11.3. The molecule has 4 heteroatoms. The number of hydrogen-bond donors (Lipinski definition) is 0. The molecule has 1 heterocycles. The van der Waals surface area contributed by atoms with Crippen LogP contribution in [0.3, 0.4) is 0 Å². The highest BCUT2D eigenvalue weighted by Crippen LogP contribution is 2.11. The minimum absolute atomic E-state index is 0.236. The molecule has 0 aliphatic carbocycles. The largest absolute Gasteiger partial charge is 0.467 e. The number of carbonyl (C=O) groups excluding carboxylic acids is 1. The highest BCUT2D eigenvalue weighted by atomic mass is 16.5. The lowest BCUT2D eigenvalue weighted by Gasteiger charge is -2.13. The number of aromatic nitrogens is 2. The minimum Gasteiger partial charge on any atom is -0.467 e. The van der Waals surface area contributed by atoms with Gasteiger partial charge in [0.15, 0.2) is 0 Å². The van der Waals surface area contributed by atoms with Crippen LogP contribution in [0.25, 0.3) is 0 Å². The van der Waals surface area contributed by atoms with Crippen molar-refractivity contribution in [2.75, 3.05) is 7.11 Å². The van der Waals surface area contributed by atoms with Gasteiger partial charge in [0.1, 0.15) is 11.9 Å². The Balaban J connectivity index is 2.83. The number of rotatable bonds is 4. The Morgan fingerprint density at radius 3 is 3.00 bits per heavy atom. The normalized spacial score (nSPS) is 12.5. The summed E-state index contributed by atoms with van der Waals surface area (Å²) in [5.74, 6) is 0.700. The first kappa shape index (κ1) is 10.8. The van der Waals surface area contributed by atoms with Crippen molar-refractivity contribution in [3.8, 4) is 0 Å². The maximum atomic E-state index is 11.3. The minimum atomic E-state index is -0.288. The molecule has 0 spiro atoms. The van der Waals surface area contributed by atoms with Crippen molar-refractivity contribution in [2.24, 2.45) is 0 Å². The predicted molar refractivity (Wildman–Crippen MR) is 52.9 cm³/mol. The summed E-state index contributed by atoms with van der Waals surface area (Å²) in [5, 5.41) is 0. The zero-order valence-corrected chi connectivity index (χ0v) is 8.86. The van der Waals surface area contributed by atoms with Gasteiger partial charge in [-0.15, -0.1) is 0 Å². The summed E-state index contributed by atoms with van der Waals surface area (Å²) in [6, 6.07) is -0.288. The Kier molecular flexibility index (Phi) is 3.68. The highest BCUT2D eigenvalue weighted by Gasteiger charge is 2.17. The molecule has 4 nitrogen and oxygen atoms in total. The van der Waals surface area contributed by atoms with Gasteiger partial charge < -0.3 is 9.30 Å². The van der Waals surface area contributed by atoms with E-state index in [-0.39, 0.29) is 12.0 Å². The van der Waals surface area contributed by atoms with Gasteiger partial charge in [-0.3, -0.25) is 0 Å². The van der Waals surface area contributed by atoms with E-state index in [1.807, 2.05) is 17.7 Å². The summed E-state index contributed by atoms with van der Waals surface area (Å²) < 4.78 is 6.54. The van der Waals surface area contributed by atoms with Crippen molar-refractivity contribution in [1.29, 1.82) is 0 Å². The quantitative estimate of drug-likeness (QED) is 0.686. The number of methoxy groups -OCH3 is 1. The molecule has 1 atom stereocenters. The molecule has 0 unspecified atom stereocenters. The molecular formula is C10H16N2O2. The summed E-state index contributed by atoms with van der Waals surface area (Å²) >= 11 is 0. The van der Waals surface area contributed by atoms with Gasteiger partial charge in [-0.2, -0.15) is 0 Å². The first-order chi connectivity index (χ1) is 6.70. The van der Waals surface area contributed by atoms with E-state index in [4.69, 9.17) is 0 Å². The summed E-state index contributed by atoms with van der Waals surface area (Å²) in [4.78, 5) is 15.5. The SMILES string of the molecule is CCCc1nccn1[C@@H](C)C(=O)OC. The fraction of sp³-hybridized carbons (Fsp3) is 0.600. The zero-order chi connectivity index (χ0) is 10.6. The van der Waals surface area contributed by atoms with Crippen molar-refractivity contribution in [1.82, 2.24) is 9.55 Å². The number of esters is 1. The Hall–Kier alpha value is -1.32. The van der Waals surface area contributed by atoms with Crippen LogP contribution in [-0.4, -0.2) is 22.6 Å². The monoisotopic (exact) mass is 196 g/mol. The van der Waals surface area contributed by atoms with Crippen molar-refractivity contribution >= 4 is 5.97 Å². The molecule has 0 fully saturated rings. The van der Waals surface area contributed by atoms with Crippen LogP contribution in [0.2, 0.25) is 0 Å². The lowest BCUT2D eigenvalue weighted by Crippen LogP contribution is -2.19. The van der Waals surface area contributed by atoms with Crippen molar-refractivity contribution in [3.63, 3.8) is 0 Å². The predicted octanol–water partition coefficient (Wildman–Crippen LogP) is 1.57. The molecule has 0 amide bonds. The lowest BCUT2D eigenvalue weighted by atomic mass is 10.3. The Morgan fingerprint density at radius 1 is 1.71 bits per heavy atom. The van der Waals surface area contributed by atoms with Crippen LogP contribution in [0, 0.1) is 0 Å². The lowest BCUT2D eigenvalue weighted by molar-refractivity contribution is -0.144. The van der Waals surface area contributed by atoms with Crippen LogP contribution >= 0.6 is 0 Å². The summed E-state index contributed by atoms with van der Waals surface area (Å²) in [5.41, 5.74) is 0. The van der Waals surface area contributed by atoms with E-state index < -0.39 is 0 Å². The molecule has 1 aromatic heterocycles. The fourth-order valence-electron chi connectivity index (χ4n) is 1.40. The van der Waals surface area contributed by atoms with E-state index in [0.29, 0.717) is 0 Å². The molecule has 0 saturated heterocycles. The van der Waals surface area contributed by atoms with Gasteiger partial charge in [0.25, 0.3) is 0 Å². The summed E-state index contributed by atoms with van der Waals surface area (Å²) in [6.45, 7) is 3.90. The molecule has 0 bridgehead atoms. The third kappa shape index (κ3) is 2.13. The number of hydrogen-bond acceptors (Lipinski definition) is 3. The second-order valence-corrected chi connectivity index (χ2v) is 3.20. The number of imidazole rings is 1. The highest BCUT2D eigenvalue weighted by molar-refractivity contribution is 5.73. The Bertz CT molecular complexity index is 307. The molecule has 0 aliphatic rings. The molecule has 14 heavy (non-hydrogen) atoms. The molecule has 0 radical (unpaired) electrons. The third-order valence-corrected chi connectivity index (χ3v) is 2.18. The summed E-state index contributed by atoms with van der Waals surface area (Å²) in [6.07, 6.45) is 5.43. The molecule has 0 N–H and O–H groups in total. The van der Waals surface area contributed by atoms with Gasteiger partial charge in [0, 0.05) is 18.8 Å². The smallest absolute Gasteiger partial charge is 0.328 e. The van der Waals surface area contributed by atoms with E-state index in [1.165, 1.54) is 7.11 Å². The average Bonchev–Trinajstić information content (AvgIpc) is 2.64. The Morgan fingerprint density at radius 2 is 2.43 bits per heavy atom. The first-order valence-corrected chi connectivity index (χ1v) is 4.80. The van der Waals surface area contributed by atoms with Gasteiger partial charge >= 0.3 is 5.97 Å². The van der Waals surface area contributed by atoms with Crippen LogP contribution in [-0.2, 0) is 16.0 Å². The van der Waals surface area contributed by atoms with E-state index in [9.17, 15) is 4.79 Å². The standard InChI is InChI=1S/C10H16N2O2/c1-4-5-9-11-6-7-12(9)8(2)10(13)14-3/h6-8H,4-5H2,1-3H3/t8-/m0/s1. The van der Waals surface area contributed by atoms with Crippen LogP contribution in [0.5, 0.6) is 0 Å².